The summed E-state index contributed by atoms with van der Waals surface area (Å²) in [5, 5.41) is 22.1. The third-order valence-electron chi connectivity index (χ3n) is 9.96. The Bertz CT molecular complexity index is 1970. The lowest BCUT2D eigenvalue weighted by molar-refractivity contribution is -0.136. The highest BCUT2D eigenvalue weighted by Crippen LogP contribution is 2.37. The van der Waals surface area contributed by atoms with Gasteiger partial charge in [0.25, 0.3) is 5.91 Å². The third-order valence-corrected chi connectivity index (χ3v) is 9.96. The molecule has 1 atom stereocenters. The van der Waals surface area contributed by atoms with Gasteiger partial charge in [0.1, 0.15) is 23.4 Å². The summed E-state index contributed by atoms with van der Waals surface area (Å²) in [5.41, 5.74) is 7.75. The molecule has 0 spiro atoms. The van der Waals surface area contributed by atoms with Crippen LogP contribution in [0, 0.1) is 5.82 Å². The van der Waals surface area contributed by atoms with Gasteiger partial charge in [-0.05, 0) is 94.3 Å². The highest BCUT2D eigenvalue weighted by atomic mass is 19.1. The quantitative estimate of drug-likeness (QED) is 0.163. The molecule has 0 aliphatic carbocycles. The Morgan fingerprint density at radius 3 is 2.02 bits per heavy atom. The van der Waals surface area contributed by atoms with Crippen molar-refractivity contribution in [2.75, 3.05) is 31.1 Å². The summed E-state index contributed by atoms with van der Waals surface area (Å²) in [6, 6.07) is 25.5. The molecule has 3 aliphatic rings. The number of nitrogens with one attached hydrogen (secondary N) is 1. The van der Waals surface area contributed by atoms with Crippen LogP contribution in [0.3, 0.4) is 0 Å². The van der Waals surface area contributed by atoms with Gasteiger partial charge in [-0.2, -0.15) is 0 Å². The summed E-state index contributed by atoms with van der Waals surface area (Å²) in [7, 11) is 0. The summed E-state index contributed by atoms with van der Waals surface area (Å²) in [6.07, 6.45) is 1.16. The number of carbonyl (C=O) groups excluding carboxylic acids is 3. The fraction of sp³-hybridized carbons (Fsp3) is 0.275. The molecule has 256 valence electrons. The molecule has 0 aromatic heterocycles. The zero-order valence-corrected chi connectivity index (χ0v) is 27.9. The smallest absolute Gasteiger partial charge is 0.258 e. The lowest BCUT2D eigenvalue weighted by Crippen LogP contribution is -2.52. The van der Waals surface area contributed by atoms with Crippen molar-refractivity contribution in [3.63, 3.8) is 0 Å². The van der Waals surface area contributed by atoms with E-state index in [9.17, 15) is 24.6 Å². The van der Waals surface area contributed by atoms with Crippen LogP contribution in [0.4, 0.5) is 10.1 Å². The number of aromatic hydroxyl groups is 2. The van der Waals surface area contributed by atoms with E-state index >= 15 is 4.39 Å². The summed E-state index contributed by atoms with van der Waals surface area (Å²) in [5.74, 6) is -1.52. The lowest BCUT2D eigenvalue weighted by Gasteiger charge is -2.36. The topological polar surface area (TPSA) is 113 Å². The second-order valence-electron chi connectivity index (χ2n) is 13.1. The maximum atomic E-state index is 15.3. The third kappa shape index (κ3) is 6.58. The molecule has 0 radical (unpaired) electrons. The number of hydrogen-bond acceptors (Lipinski definition) is 7. The minimum absolute atomic E-state index is 0.0178. The first kappa shape index (κ1) is 33.0. The van der Waals surface area contributed by atoms with Crippen molar-refractivity contribution in [1.29, 1.82) is 0 Å². The standard InChI is InChI=1S/C40H39FN4O5/c1-2-33(26-5-11-31(46)12-6-26)37(28-7-13-32(47)14-8-28)27-3-9-30(10-4-27)44-19-17-43(18-20-44)23-25-21-29-24-45(40(50)38(29)34(41)22-25)35-15-16-36(48)42-39(35)49/h3-14,21-22,35,46-47H,2,15-20,23-24H2,1H3,(H,42,48,49)/b37-33+. The van der Waals surface area contributed by atoms with Crippen LogP contribution in [0.1, 0.15) is 64.4 Å². The number of piperidine rings is 1. The number of phenols is 2. The molecule has 3 N–H and O–H groups in total. The van der Waals surface area contributed by atoms with Crippen LogP contribution in [-0.4, -0.2) is 70.0 Å². The van der Waals surface area contributed by atoms with Gasteiger partial charge in [0.05, 0.1) is 5.56 Å². The van der Waals surface area contributed by atoms with E-state index in [1.54, 1.807) is 24.3 Å². The lowest BCUT2D eigenvalue weighted by atomic mass is 9.88. The number of nitrogens with zero attached hydrogens (tertiary/aromatic N) is 3. The van der Waals surface area contributed by atoms with Gasteiger partial charge >= 0.3 is 0 Å². The number of fused-ring (bicyclic) bond motifs is 1. The Hall–Kier alpha value is -5.48. The Kier molecular flexibility index (Phi) is 9.12. The van der Waals surface area contributed by atoms with Crippen LogP contribution in [0.15, 0.2) is 84.9 Å². The van der Waals surface area contributed by atoms with Crippen LogP contribution in [-0.2, 0) is 22.7 Å². The monoisotopic (exact) mass is 674 g/mol. The number of benzene rings is 4. The number of imide groups is 1. The minimum Gasteiger partial charge on any atom is -0.508 e. The highest BCUT2D eigenvalue weighted by molar-refractivity contribution is 6.05. The molecule has 2 saturated heterocycles. The molecular formula is C40H39FN4O5. The minimum atomic E-state index is -0.777. The molecule has 9 nitrogen and oxygen atoms in total. The van der Waals surface area contributed by atoms with E-state index in [4.69, 9.17) is 0 Å². The molecule has 3 aliphatic heterocycles. The van der Waals surface area contributed by atoms with Gasteiger partial charge in [-0.3, -0.25) is 24.6 Å². The first-order valence-corrected chi connectivity index (χ1v) is 17.0. The Morgan fingerprint density at radius 2 is 1.42 bits per heavy atom. The predicted octanol–water partition coefficient (Wildman–Crippen LogP) is 5.69. The fourth-order valence-electron chi connectivity index (χ4n) is 7.40. The molecule has 7 rings (SSSR count). The average Bonchev–Trinajstić information content (AvgIpc) is 3.44. The summed E-state index contributed by atoms with van der Waals surface area (Å²) < 4.78 is 15.3. The van der Waals surface area contributed by atoms with Crippen molar-refractivity contribution in [3.8, 4) is 11.5 Å². The molecule has 3 heterocycles. The Balaban J connectivity index is 1.03. The van der Waals surface area contributed by atoms with Gasteiger partial charge in [0.15, 0.2) is 0 Å². The molecule has 50 heavy (non-hydrogen) atoms. The second kappa shape index (κ2) is 13.8. The molecule has 4 aromatic carbocycles. The van der Waals surface area contributed by atoms with Crippen molar-refractivity contribution in [3.05, 3.63) is 124 Å². The molecule has 10 heteroatoms. The van der Waals surface area contributed by atoms with E-state index in [1.807, 2.05) is 30.3 Å². The normalized spacial score (nSPS) is 18.6. The van der Waals surface area contributed by atoms with Gasteiger partial charge < -0.3 is 20.0 Å². The molecular weight excluding hydrogens is 635 g/mol. The zero-order chi connectivity index (χ0) is 34.9. The largest absolute Gasteiger partial charge is 0.508 e. The van der Waals surface area contributed by atoms with E-state index in [0.29, 0.717) is 12.1 Å². The van der Waals surface area contributed by atoms with Crippen molar-refractivity contribution in [1.82, 2.24) is 15.1 Å². The maximum Gasteiger partial charge on any atom is 0.258 e. The van der Waals surface area contributed by atoms with E-state index in [-0.39, 0.29) is 42.4 Å². The van der Waals surface area contributed by atoms with Crippen LogP contribution in [0.2, 0.25) is 0 Å². The summed E-state index contributed by atoms with van der Waals surface area (Å²) in [6.45, 7) is 5.95. The SMILES string of the molecule is CC/C(=C(\c1ccc(O)cc1)c1ccc(N2CCN(Cc3cc(F)c4c(c3)CN(C3CCC(=O)NC3=O)C4=O)CC2)cc1)c1ccc(O)cc1. The van der Waals surface area contributed by atoms with E-state index in [2.05, 4.69) is 46.3 Å². The first-order valence-electron chi connectivity index (χ1n) is 17.0. The van der Waals surface area contributed by atoms with Crippen molar-refractivity contribution in [2.24, 2.45) is 0 Å². The van der Waals surface area contributed by atoms with Gasteiger partial charge in [0.2, 0.25) is 11.8 Å². The molecule has 0 saturated carbocycles. The number of amides is 3. The van der Waals surface area contributed by atoms with Gasteiger partial charge in [-0.25, -0.2) is 4.39 Å². The Labute approximate surface area is 290 Å². The number of rotatable bonds is 8. The van der Waals surface area contributed by atoms with Crippen molar-refractivity contribution < 1.29 is 29.0 Å². The second-order valence-corrected chi connectivity index (χ2v) is 13.1. The molecule has 4 aromatic rings. The molecule has 2 fully saturated rings. The van der Waals surface area contributed by atoms with Gasteiger partial charge in [-0.15, -0.1) is 0 Å². The molecule has 3 amide bonds. The number of piperazine rings is 1. The Morgan fingerprint density at radius 1 is 0.820 bits per heavy atom. The number of carbonyl (C=O) groups is 3. The highest BCUT2D eigenvalue weighted by Gasteiger charge is 2.40. The van der Waals surface area contributed by atoms with Crippen LogP contribution in [0.5, 0.6) is 11.5 Å². The van der Waals surface area contributed by atoms with Crippen LogP contribution >= 0.6 is 0 Å². The summed E-state index contributed by atoms with van der Waals surface area (Å²) >= 11 is 0. The predicted molar refractivity (Wildman–Crippen MR) is 189 cm³/mol. The molecule has 0 bridgehead atoms. The van der Waals surface area contributed by atoms with Crippen molar-refractivity contribution in [2.45, 2.75) is 45.3 Å². The summed E-state index contributed by atoms with van der Waals surface area (Å²) in [4.78, 5) is 43.0. The maximum absolute atomic E-state index is 15.3. The van der Waals surface area contributed by atoms with E-state index in [0.717, 1.165) is 71.7 Å². The number of allylic oxidation sites excluding steroid dienone is 1. The number of hydrogen-bond donors (Lipinski definition) is 3. The number of anilines is 1. The van der Waals surface area contributed by atoms with Crippen LogP contribution in [0.25, 0.3) is 11.1 Å². The molecule has 1 unspecified atom stereocenters. The zero-order valence-electron chi connectivity index (χ0n) is 27.9. The van der Waals surface area contributed by atoms with Crippen molar-refractivity contribution >= 4 is 34.6 Å². The van der Waals surface area contributed by atoms with E-state index < -0.39 is 23.7 Å². The van der Waals surface area contributed by atoms with Gasteiger partial charge in [-0.1, -0.05) is 49.4 Å². The van der Waals surface area contributed by atoms with Crippen LogP contribution < -0.4 is 10.2 Å². The average molecular weight is 675 g/mol. The van der Waals surface area contributed by atoms with Gasteiger partial charge in [0, 0.05) is 51.4 Å². The number of phenolic OH excluding ortho intramolecular Hbond substituents is 2. The fourth-order valence-corrected chi connectivity index (χ4v) is 7.40. The van der Waals surface area contributed by atoms with E-state index in [1.165, 1.54) is 11.0 Å². The first-order chi connectivity index (χ1) is 24.2. The number of halogens is 1.